The Kier molecular flexibility index (Phi) is 5.83. The third kappa shape index (κ3) is 4.04. The minimum absolute atomic E-state index is 0.299. The number of hydrogen-bond donors (Lipinski definition) is 2. The van der Waals surface area contributed by atoms with E-state index in [1.807, 2.05) is 41.1 Å². The summed E-state index contributed by atoms with van der Waals surface area (Å²) in [7, 11) is 0. The fourth-order valence-electron chi connectivity index (χ4n) is 4.39. The van der Waals surface area contributed by atoms with E-state index in [0.29, 0.717) is 22.4 Å². The van der Waals surface area contributed by atoms with Gasteiger partial charge in [0.15, 0.2) is 0 Å². The molecule has 0 saturated heterocycles. The molecule has 7 heteroatoms. The highest BCUT2D eigenvalue weighted by molar-refractivity contribution is 7.08. The van der Waals surface area contributed by atoms with Crippen molar-refractivity contribution in [2.45, 2.75) is 19.3 Å². The third-order valence-corrected chi connectivity index (χ3v) is 7.01. The van der Waals surface area contributed by atoms with Gasteiger partial charge in [0.2, 0.25) is 5.95 Å². The predicted octanol–water partition coefficient (Wildman–Crippen LogP) is 6.49. The molecule has 0 atom stereocenters. The Morgan fingerprint density at radius 3 is 2.62 bits per heavy atom. The maximum absolute atomic E-state index is 14.4. The molecule has 2 aromatic carbocycles. The number of halogens is 1. The standard InChI is InChI=1S/C27H20FN3O2S/c28-27-21-12-19(9-10-23(21)30-31-27)25(18-7-4-16(5-8-18)6-11-24(32)33)26(17-2-1-3-17)22-15-34-14-20(22)13-29/h4-12,14-15,17H,1-3H2,(H,30,31)(H,32,33). The Morgan fingerprint density at radius 2 is 1.94 bits per heavy atom. The predicted molar refractivity (Wildman–Crippen MR) is 131 cm³/mol. The van der Waals surface area contributed by atoms with Gasteiger partial charge in [0.1, 0.15) is 6.07 Å². The van der Waals surface area contributed by atoms with Crippen molar-refractivity contribution >= 4 is 45.4 Å². The second kappa shape index (κ2) is 9.08. The molecule has 2 aromatic heterocycles. The van der Waals surface area contributed by atoms with E-state index >= 15 is 0 Å². The second-order valence-electron chi connectivity index (χ2n) is 8.29. The molecule has 0 amide bonds. The third-order valence-electron chi connectivity index (χ3n) is 6.27. The quantitative estimate of drug-likeness (QED) is 0.316. The van der Waals surface area contributed by atoms with Gasteiger partial charge in [-0.05, 0) is 70.2 Å². The van der Waals surface area contributed by atoms with Gasteiger partial charge in [-0.25, -0.2) is 4.79 Å². The summed E-state index contributed by atoms with van der Waals surface area (Å²) >= 11 is 1.50. The number of nitrogens with zero attached hydrogens (tertiary/aromatic N) is 2. The first-order valence-electron chi connectivity index (χ1n) is 10.9. The maximum Gasteiger partial charge on any atom is 0.328 e. The number of nitrogens with one attached hydrogen (secondary N) is 1. The largest absolute Gasteiger partial charge is 0.478 e. The molecule has 168 valence electrons. The van der Waals surface area contributed by atoms with Gasteiger partial charge in [0, 0.05) is 17.0 Å². The number of carboxylic acid groups (broad SMARTS) is 1. The van der Waals surface area contributed by atoms with Crippen LogP contribution in [0.3, 0.4) is 0 Å². The van der Waals surface area contributed by atoms with E-state index in [1.165, 1.54) is 11.3 Å². The van der Waals surface area contributed by atoms with Crippen LogP contribution in [0.5, 0.6) is 0 Å². The molecule has 0 radical (unpaired) electrons. The monoisotopic (exact) mass is 469 g/mol. The molecule has 1 aliphatic carbocycles. The van der Waals surface area contributed by atoms with Gasteiger partial charge in [0.05, 0.1) is 16.5 Å². The summed E-state index contributed by atoms with van der Waals surface area (Å²) < 4.78 is 14.4. The van der Waals surface area contributed by atoms with Gasteiger partial charge >= 0.3 is 5.97 Å². The number of carboxylic acids is 1. The van der Waals surface area contributed by atoms with Crippen molar-refractivity contribution in [1.82, 2.24) is 10.2 Å². The fourth-order valence-corrected chi connectivity index (χ4v) is 5.16. The zero-order valence-corrected chi connectivity index (χ0v) is 18.9. The number of rotatable bonds is 6. The lowest BCUT2D eigenvalue weighted by Gasteiger charge is -2.31. The topological polar surface area (TPSA) is 89.8 Å². The number of allylic oxidation sites excluding steroid dienone is 1. The highest BCUT2D eigenvalue weighted by Gasteiger charge is 2.29. The summed E-state index contributed by atoms with van der Waals surface area (Å²) in [6.07, 6.45) is 5.83. The van der Waals surface area contributed by atoms with Crippen LogP contribution in [0.1, 0.15) is 47.1 Å². The normalized spacial score (nSPS) is 14.7. The summed E-state index contributed by atoms with van der Waals surface area (Å²) in [4.78, 5) is 10.9. The summed E-state index contributed by atoms with van der Waals surface area (Å²) in [5.74, 6) is -1.19. The lowest BCUT2D eigenvalue weighted by molar-refractivity contribution is -0.131. The first-order chi connectivity index (χ1) is 16.5. The van der Waals surface area contributed by atoms with Crippen molar-refractivity contribution < 1.29 is 14.3 Å². The molecular formula is C27H20FN3O2S. The zero-order chi connectivity index (χ0) is 23.7. The van der Waals surface area contributed by atoms with Gasteiger partial charge in [-0.3, -0.25) is 5.10 Å². The van der Waals surface area contributed by atoms with Crippen LogP contribution in [0.25, 0.3) is 28.1 Å². The molecular weight excluding hydrogens is 449 g/mol. The molecule has 4 aromatic rings. The number of aromatic nitrogens is 2. The number of thiophene rings is 1. The van der Waals surface area contributed by atoms with E-state index in [9.17, 15) is 14.4 Å². The molecule has 2 heterocycles. The van der Waals surface area contributed by atoms with Crippen LogP contribution in [0.2, 0.25) is 0 Å². The van der Waals surface area contributed by atoms with Crippen LogP contribution in [0.4, 0.5) is 4.39 Å². The molecule has 5 nitrogen and oxygen atoms in total. The molecule has 0 bridgehead atoms. The first kappa shape index (κ1) is 21.8. The van der Waals surface area contributed by atoms with E-state index in [4.69, 9.17) is 5.11 Å². The zero-order valence-electron chi connectivity index (χ0n) is 18.1. The van der Waals surface area contributed by atoms with Crippen LogP contribution in [-0.4, -0.2) is 21.3 Å². The van der Waals surface area contributed by atoms with Gasteiger partial charge in [0.25, 0.3) is 0 Å². The van der Waals surface area contributed by atoms with Crippen LogP contribution in [0.15, 0.2) is 59.3 Å². The van der Waals surface area contributed by atoms with Gasteiger partial charge in [-0.15, -0.1) is 0 Å². The van der Waals surface area contributed by atoms with Crippen LogP contribution < -0.4 is 0 Å². The Hall–Kier alpha value is -4.02. The van der Waals surface area contributed by atoms with E-state index in [-0.39, 0.29) is 0 Å². The number of benzene rings is 2. The van der Waals surface area contributed by atoms with Gasteiger partial charge in [-0.2, -0.15) is 26.1 Å². The lowest BCUT2D eigenvalue weighted by Crippen LogP contribution is -2.15. The Bertz CT molecular complexity index is 1480. The Labute approximate surface area is 199 Å². The second-order valence-corrected chi connectivity index (χ2v) is 9.03. The highest BCUT2D eigenvalue weighted by Crippen LogP contribution is 2.46. The molecule has 5 rings (SSSR count). The molecule has 0 spiro atoms. The van der Waals surface area contributed by atoms with Crippen molar-refractivity contribution in [2.75, 3.05) is 0 Å². The van der Waals surface area contributed by atoms with Crippen LogP contribution >= 0.6 is 11.3 Å². The molecule has 1 saturated carbocycles. The number of carbonyl (C=O) groups is 1. The number of aromatic amines is 1. The van der Waals surface area contributed by atoms with Crippen molar-refractivity contribution in [3.63, 3.8) is 0 Å². The molecule has 1 fully saturated rings. The molecule has 0 aliphatic heterocycles. The van der Waals surface area contributed by atoms with Crippen molar-refractivity contribution in [3.8, 4) is 6.07 Å². The summed E-state index contributed by atoms with van der Waals surface area (Å²) in [6, 6.07) is 15.5. The Morgan fingerprint density at radius 1 is 1.18 bits per heavy atom. The van der Waals surface area contributed by atoms with Crippen LogP contribution in [-0.2, 0) is 4.79 Å². The fraction of sp³-hybridized carbons (Fsp3) is 0.148. The minimum Gasteiger partial charge on any atom is -0.478 e. The highest BCUT2D eigenvalue weighted by atomic mass is 32.1. The van der Waals surface area contributed by atoms with Crippen molar-refractivity contribution in [3.05, 3.63) is 93.1 Å². The SMILES string of the molecule is N#Cc1cscc1C(=C(c1ccc(C=CC(=O)O)cc1)c1ccc2n[nH]c(F)c2c1)C1CCC1. The Balaban J connectivity index is 1.76. The van der Waals surface area contributed by atoms with E-state index in [0.717, 1.165) is 58.7 Å². The van der Waals surface area contributed by atoms with Crippen molar-refractivity contribution in [1.29, 1.82) is 5.26 Å². The average Bonchev–Trinajstić information content (AvgIpc) is 3.43. The van der Waals surface area contributed by atoms with Crippen molar-refractivity contribution in [2.24, 2.45) is 5.92 Å². The van der Waals surface area contributed by atoms with E-state index in [2.05, 4.69) is 16.3 Å². The van der Waals surface area contributed by atoms with E-state index in [1.54, 1.807) is 18.2 Å². The summed E-state index contributed by atoms with van der Waals surface area (Å²) in [5.41, 5.74) is 6.70. The van der Waals surface area contributed by atoms with Crippen LogP contribution in [0, 0.1) is 23.2 Å². The minimum atomic E-state index is -1.01. The summed E-state index contributed by atoms with van der Waals surface area (Å²) in [6.45, 7) is 0. The number of nitriles is 1. The molecule has 2 N–H and O–H groups in total. The first-order valence-corrected chi connectivity index (χ1v) is 11.9. The van der Waals surface area contributed by atoms with Gasteiger partial charge < -0.3 is 5.11 Å². The smallest absolute Gasteiger partial charge is 0.328 e. The van der Waals surface area contributed by atoms with E-state index < -0.39 is 11.9 Å². The molecule has 1 aliphatic rings. The number of H-pyrrole nitrogens is 1. The summed E-state index contributed by atoms with van der Waals surface area (Å²) in [5, 5.41) is 29.4. The van der Waals surface area contributed by atoms with Gasteiger partial charge in [-0.1, -0.05) is 36.8 Å². The number of hydrogen-bond acceptors (Lipinski definition) is 4. The number of aliphatic carboxylic acids is 1. The molecule has 0 unspecified atom stereocenters. The lowest BCUT2D eigenvalue weighted by atomic mass is 9.73. The average molecular weight is 470 g/mol. The maximum atomic E-state index is 14.4. The number of fused-ring (bicyclic) bond motifs is 1. The molecule has 34 heavy (non-hydrogen) atoms.